The molecule has 0 unspecified atom stereocenters. The van der Waals surface area contributed by atoms with Gasteiger partial charge in [0.05, 0.1) is 29.7 Å². The quantitative estimate of drug-likeness (QED) is 0.410. The Morgan fingerprint density at radius 1 is 0.905 bits per heavy atom. The number of likely N-dealkylation sites (tertiary alicyclic amines) is 1. The van der Waals surface area contributed by atoms with Crippen LogP contribution in [0.4, 0.5) is 11.4 Å². The molecule has 222 valence electrons. The van der Waals surface area contributed by atoms with Gasteiger partial charge in [-0.3, -0.25) is 14.5 Å². The third kappa shape index (κ3) is 7.25. The van der Waals surface area contributed by atoms with E-state index in [1.54, 1.807) is 40.7 Å². The highest BCUT2D eigenvalue weighted by Gasteiger charge is 2.47. The van der Waals surface area contributed by atoms with Gasteiger partial charge < -0.3 is 15.4 Å². The molecular formula is C32H38N4O5S. The zero-order valence-corrected chi connectivity index (χ0v) is 24.9. The lowest BCUT2D eigenvalue weighted by Gasteiger charge is -2.49. The number of hydrogen-bond acceptors (Lipinski definition) is 6. The van der Waals surface area contributed by atoms with Gasteiger partial charge in [0.1, 0.15) is 0 Å². The molecule has 2 aliphatic heterocycles. The Labute approximate surface area is 247 Å². The van der Waals surface area contributed by atoms with Gasteiger partial charge in [-0.15, -0.1) is 0 Å². The van der Waals surface area contributed by atoms with Crippen molar-refractivity contribution in [3.63, 3.8) is 0 Å². The van der Waals surface area contributed by atoms with Crippen LogP contribution in [0, 0.1) is 6.92 Å². The number of nitrogens with zero attached hydrogens (tertiary/aromatic N) is 2. The van der Waals surface area contributed by atoms with Crippen molar-refractivity contribution in [2.45, 2.75) is 49.6 Å². The van der Waals surface area contributed by atoms with Gasteiger partial charge in [0.25, 0.3) is 0 Å². The van der Waals surface area contributed by atoms with E-state index in [0.717, 1.165) is 11.1 Å². The van der Waals surface area contributed by atoms with E-state index in [-0.39, 0.29) is 30.9 Å². The topological polar surface area (TPSA) is 108 Å². The van der Waals surface area contributed by atoms with Gasteiger partial charge in [-0.05, 0) is 68.1 Å². The first-order valence-electron chi connectivity index (χ1n) is 14.3. The van der Waals surface area contributed by atoms with Gasteiger partial charge in [0, 0.05) is 37.9 Å². The zero-order valence-electron chi connectivity index (χ0n) is 24.1. The van der Waals surface area contributed by atoms with Gasteiger partial charge in [0.15, 0.2) is 0 Å². The Kier molecular flexibility index (Phi) is 9.08. The molecule has 3 aromatic carbocycles. The fourth-order valence-electron chi connectivity index (χ4n) is 5.65. The van der Waals surface area contributed by atoms with Gasteiger partial charge >= 0.3 is 0 Å². The molecule has 2 amide bonds. The van der Waals surface area contributed by atoms with Crippen LogP contribution in [-0.4, -0.2) is 73.9 Å². The zero-order chi connectivity index (χ0) is 29.7. The summed E-state index contributed by atoms with van der Waals surface area (Å²) in [6.07, 6.45) is 1.83. The monoisotopic (exact) mass is 590 g/mol. The Morgan fingerprint density at radius 2 is 1.52 bits per heavy atom. The van der Waals surface area contributed by atoms with Crippen molar-refractivity contribution in [2.75, 3.05) is 43.4 Å². The second-order valence-corrected chi connectivity index (χ2v) is 13.2. The number of amides is 2. The summed E-state index contributed by atoms with van der Waals surface area (Å²) in [5, 5.41) is 5.61. The third-order valence-electron chi connectivity index (χ3n) is 8.00. The molecule has 2 aliphatic rings. The van der Waals surface area contributed by atoms with Gasteiger partial charge in [-0.25, -0.2) is 8.42 Å². The predicted molar refractivity (Wildman–Crippen MR) is 163 cm³/mol. The molecule has 1 atom stereocenters. The molecule has 2 heterocycles. The SMILES string of the molecule is CC(=O)Nc1ccc(NC(=O)CN2CCC3(CC2)CN(S(=O)(=O)c2ccc(C)cc2)[C@H](Cc2ccccc2)CO3)cc1. The number of piperidine rings is 1. The van der Waals surface area contributed by atoms with Crippen LogP contribution in [0.15, 0.2) is 83.8 Å². The number of sulfonamides is 1. The summed E-state index contributed by atoms with van der Waals surface area (Å²) in [5.41, 5.74) is 2.79. The van der Waals surface area contributed by atoms with E-state index < -0.39 is 15.6 Å². The van der Waals surface area contributed by atoms with Gasteiger partial charge in [-0.2, -0.15) is 4.31 Å². The molecule has 10 heteroatoms. The molecule has 2 N–H and O–H groups in total. The number of nitrogens with one attached hydrogen (secondary N) is 2. The number of ether oxygens (including phenoxy) is 1. The molecule has 3 aromatic rings. The number of aryl methyl sites for hydroxylation is 1. The predicted octanol–water partition coefficient (Wildman–Crippen LogP) is 4.06. The lowest BCUT2D eigenvalue weighted by atomic mass is 9.88. The average Bonchev–Trinajstić information content (AvgIpc) is 2.97. The molecule has 42 heavy (non-hydrogen) atoms. The van der Waals surface area contributed by atoms with E-state index in [1.807, 2.05) is 49.4 Å². The minimum absolute atomic E-state index is 0.130. The minimum atomic E-state index is -3.75. The van der Waals surface area contributed by atoms with Crippen LogP contribution in [0.3, 0.4) is 0 Å². The summed E-state index contributed by atoms with van der Waals surface area (Å²) in [6, 6.07) is 23.6. The number of carbonyl (C=O) groups excluding carboxylic acids is 2. The summed E-state index contributed by atoms with van der Waals surface area (Å²) in [4.78, 5) is 26.3. The molecule has 0 aromatic heterocycles. The van der Waals surface area contributed by atoms with Crippen LogP contribution in [0.2, 0.25) is 0 Å². The minimum Gasteiger partial charge on any atom is -0.372 e. The number of carbonyl (C=O) groups is 2. The van der Waals surface area contributed by atoms with Crippen molar-refractivity contribution in [3.05, 3.63) is 90.0 Å². The molecule has 2 saturated heterocycles. The third-order valence-corrected chi connectivity index (χ3v) is 9.91. The first-order chi connectivity index (χ1) is 20.1. The van der Waals surface area contributed by atoms with Gasteiger partial charge in [-0.1, -0.05) is 48.0 Å². The standard InChI is InChI=1S/C32H38N4O5S/c1-24-8-14-30(15-9-24)42(39,40)36-23-32(41-22-29(36)20-26-6-4-3-5-7-26)16-18-35(19-17-32)21-31(38)34-28-12-10-27(11-13-28)33-25(2)37/h3-15,29H,16-23H2,1-2H3,(H,33,37)(H,34,38)/t29-/m1/s1. The first-order valence-corrected chi connectivity index (χ1v) is 15.7. The summed E-state index contributed by atoms with van der Waals surface area (Å²) in [6.45, 7) is 5.45. The largest absolute Gasteiger partial charge is 0.372 e. The molecule has 9 nitrogen and oxygen atoms in total. The second kappa shape index (κ2) is 12.7. The van der Waals surface area contributed by atoms with Crippen molar-refractivity contribution < 1.29 is 22.7 Å². The van der Waals surface area contributed by atoms with Crippen LogP contribution in [0.5, 0.6) is 0 Å². The van der Waals surface area contributed by atoms with Crippen molar-refractivity contribution in [1.29, 1.82) is 0 Å². The Balaban J connectivity index is 1.23. The molecule has 0 aliphatic carbocycles. The molecule has 0 radical (unpaired) electrons. The van der Waals surface area contributed by atoms with Crippen LogP contribution in [0.25, 0.3) is 0 Å². The van der Waals surface area contributed by atoms with Crippen molar-refractivity contribution in [3.8, 4) is 0 Å². The van der Waals surface area contributed by atoms with Crippen molar-refractivity contribution in [2.24, 2.45) is 0 Å². The average molecular weight is 591 g/mol. The number of anilines is 2. The van der Waals surface area contributed by atoms with Crippen LogP contribution >= 0.6 is 0 Å². The number of rotatable bonds is 8. The number of morpholine rings is 1. The summed E-state index contributed by atoms with van der Waals surface area (Å²) < 4.78 is 36.1. The smallest absolute Gasteiger partial charge is 0.243 e. The summed E-state index contributed by atoms with van der Waals surface area (Å²) >= 11 is 0. The maximum absolute atomic E-state index is 14.0. The fraction of sp³-hybridized carbons (Fsp3) is 0.375. The molecule has 2 fully saturated rings. The molecule has 0 saturated carbocycles. The lowest BCUT2D eigenvalue weighted by Crippen LogP contribution is -2.62. The molecular weight excluding hydrogens is 552 g/mol. The van der Waals surface area contributed by atoms with E-state index in [1.165, 1.54) is 6.92 Å². The van der Waals surface area contributed by atoms with Crippen LogP contribution < -0.4 is 10.6 Å². The molecule has 1 spiro atoms. The van der Waals surface area contributed by atoms with E-state index in [4.69, 9.17) is 4.74 Å². The second-order valence-electron chi connectivity index (χ2n) is 11.3. The molecule has 0 bridgehead atoms. The molecule has 5 rings (SSSR count). The van der Waals surface area contributed by atoms with Crippen molar-refractivity contribution in [1.82, 2.24) is 9.21 Å². The lowest BCUT2D eigenvalue weighted by molar-refractivity contribution is -0.139. The van der Waals surface area contributed by atoms with Crippen molar-refractivity contribution >= 4 is 33.2 Å². The normalized spacial score (nSPS) is 19.3. The van der Waals surface area contributed by atoms with E-state index >= 15 is 0 Å². The maximum Gasteiger partial charge on any atom is 0.243 e. The van der Waals surface area contributed by atoms with Crippen LogP contribution in [-0.2, 0) is 30.8 Å². The Hall–Kier alpha value is -3.57. The maximum atomic E-state index is 14.0. The summed E-state index contributed by atoms with van der Waals surface area (Å²) in [5.74, 6) is -0.284. The summed E-state index contributed by atoms with van der Waals surface area (Å²) in [7, 11) is -3.75. The van der Waals surface area contributed by atoms with Crippen LogP contribution in [0.1, 0.15) is 30.9 Å². The highest BCUT2D eigenvalue weighted by Crippen LogP contribution is 2.35. The van der Waals surface area contributed by atoms with E-state index in [9.17, 15) is 18.0 Å². The van der Waals surface area contributed by atoms with E-state index in [2.05, 4.69) is 15.5 Å². The highest BCUT2D eigenvalue weighted by molar-refractivity contribution is 7.89. The van der Waals surface area contributed by atoms with Gasteiger partial charge in [0.2, 0.25) is 21.8 Å². The number of benzene rings is 3. The fourth-order valence-corrected chi connectivity index (χ4v) is 7.34. The number of hydrogen-bond donors (Lipinski definition) is 2. The highest BCUT2D eigenvalue weighted by atomic mass is 32.2. The first kappa shape index (κ1) is 29.9. The Bertz CT molecular complexity index is 1490. The Morgan fingerprint density at radius 3 is 2.14 bits per heavy atom. The van der Waals surface area contributed by atoms with E-state index in [0.29, 0.717) is 55.2 Å².